The maximum absolute atomic E-state index is 12.7. The van der Waals surface area contributed by atoms with Crippen molar-refractivity contribution in [2.24, 2.45) is 0 Å². The van der Waals surface area contributed by atoms with Crippen LogP contribution in [0.3, 0.4) is 0 Å². The summed E-state index contributed by atoms with van der Waals surface area (Å²) in [7, 11) is -2.94. The fourth-order valence-electron chi connectivity index (χ4n) is 2.69. The minimum atomic E-state index is -2.94. The van der Waals surface area contributed by atoms with E-state index in [-0.39, 0.29) is 5.66 Å². The third-order valence-electron chi connectivity index (χ3n) is 3.65. The van der Waals surface area contributed by atoms with Crippen LogP contribution >= 0.6 is 7.60 Å². The van der Waals surface area contributed by atoms with Crippen molar-refractivity contribution in [3.05, 3.63) is 30.3 Å². The number of anilines is 1. The number of hydrogen-bond donors (Lipinski definition) is 0. The highest BCUT2D eigenvalue weighted by atomic mass is 31.2. The van der Waals surface area contributed by atoms with Gasteiger partial charge in [0.1, 0.15) is 0 Å². The monoisotopic (exact) mass is 297 g/mol. The Balaban J connectivity index is 1.98. The number of piperidine rings is 1. The molecule has 1 fully saturated rings. The van der Waals surface area contributed by atoms with Gasteiger partial charge >= 0.3 is 7.60 Å². The average Bonchev–Trinajstić information content (AvgIpc) is 2.49. The lowest BCUT2D eigenvalue weighted by Crippen LogP contribution is -2.36. The lowest BCUT2D eigenvalue weighted by atomic mass is 10.1. The largest absolute Gasteiger partial charge is 0.371 e. The predicted octanol–water partition coefficient (Wildman–Crippen LogP) is 3.92. The molecule has 1 aliphatic rings. The minimum absolute atomic E-state index is 0.0300. The molecule has 1 aromatic carbocycles. The number of hydrogen-bond acceptors (Lipinski definition) is 4. The van der Waals surface area contributed by atoms with Gasteiger partial charge in [-0.25, -0.2) is 0 Å². The summed E-state index contributed by atoms with van der Waals surface area (Å²) in [6.07, 6.45) is 1.71. The molecule has 0 aromatic heterocycles. The Morgan fingerprint density at radius 3 is 2.15 bits per heavy atom. The zero-order valence-corrected chi connectivity index (χ0v) is 13.2. The second kappa shape index (κ2) is 7.26. The number of rotatable bonds is 6. The number of benzene rings is 1. The standard InChI is InChI=1S/C15H24NO3P/c1-3-18-20(17,19-4-2)15-10-12-16(13-11-15)14-8-6-5-7-9-14/h5-9,15H,3-4,10-13H2,1-2H3. The molecule has 1 saturated heterocycles. The molecule has 2 rings (SSSR count). The fraction of sp³-hybridized carbons (Fsp3) is 0.600. The van der Waals surface area contributed by atoms with Gasteiger partial charge in [-0.1, -0.05) is 18.2 Å². The Morgan fingerprint density at radius 2 is 1.65 bits per heavy atom. The molecule has 0 spiro atoms. The topological polar surface area (TPSA) is 38.8 Å². The van der Waals surface area contributed by atoms with Gasteiger partial charge < -0.3 is 13.9 Å². The Labute approximate surface area is 121 Å². The van der Waals surface area contributed by atoms with Gasteiger partial charge in [0.2, 0.25) is 0 Å². The van der Waals surface area contributed by atoms with E-state index in [9.17, 15) is 4.57 Å². The quantitative estimate of drug-likeness (QED) is 0.746. The third-order valence-corrected chi connectivity index (χ3v) is 6.30. The van der Waals surface area contributed by atoms with Crippen LogP contribution in [0, 0.1) is 0 Å². The second-order valence-electron chi connectivity index (χ2n) is 4.93. The van der Waals surface area contributed by atoms with Gasteiger partial charge in [0.05, 0.1) is 18.9 Å². The lowest BCUT2D eigenvalue weighted by Gasteiger charge is -2.36. The van der Waals surface area contributed by atoms with Crippen LogP contribution in [0.5, 0.6) is 0 Å². The molecule has 0 atom stereocenters. The molecule has 0 bridgehead atoms. The van der Waals surface area contributed by atoms with Crippen LogP contribution in [0.15, 0.2) is 30.3 Å². The van der Waals surface area contributed by atoms with Gasteiger partial charge in [0, 0.05) is 18.8 Å². The normalized spacial score (nSPS) is 17.4. The van der Waals surface area contributed by atoms with E-state index in [2.05, 4.69) is 17.0 Å². The van der Waals surface area contributed by atoms with Crippen molar-refractivity contribution in [3.63, 3.8) is 0 Å². The molecule has 5 heteroatoms. The van der Waals surface area contributed by atoms with Gasteiger partial charge in [-0.05, 0) is 38.8 Å². The molecule has 20 heavy (non-hydrogen) atoms. The Kier molecular flexibility index (Phi) is 5.64. The summed E-state index contributed by atoms with van der Waals surface area (Å²) < 4.78 is 23.7. The van der Waals surface area contributed by atoms with Crippen LogP contribution in [0.25, 0.3) is 0 Å². The van der Waals surface area contributed by atoms with Gasteiger partial charge in [0.25, 0.3) is 0 Å². The van der Waals surface area contributed by atoms with Gasteiger partial charge in [0.15, 0.2) is 0 Å². The van der Waals surface area contributed by atoms with E-state index in [1.165, 1.54) is 5.69 Å². The Hall–Kier alpha value is -0.830. The maximum Gasteiger partial charge on any atom is 0.333 e. The van der Waals surface area contributed by atoms with Gasteiger partial charge in [-0.15, -0.1) is 0 Å². The Bertz CT molecular complexity index is 434. The van der Waals surface area contributed by atoms with Crippen LogP contribution in [0.2, 0.25) is 0 Å². The van der Waals surface area contributed by atoms with E-state index in [0.29, 0.717) is 13.2 Å². The van der Waals surface area contributed by atoms with E-state index >= 15 is 0 Å². The highest BCUT2D eigenvalue weighted by molar-refractivity contribution is 7.54. The summed E-state index contributed by atoms with van der Waals surface area (Å²) in [5, 5.41) is 0. The molecule has 1 heterocycles. The van der Waals surface area contributed by atoms with Crippen LogP contribution in [0.4, 0.5) is 5.69 Å². The van der Waals surface area contributed by atoms with Crippen LogP contribution in [0.1, 0.15) is 26.7 Å². The smallest absolute Gasteiger partial charge is 0.333 e. The average molecular weight is 297 g/mol. The molecule has 0 radical (unpaired) electrons. The van der Waals surface area contributed by atoms with E-state index < -0.39 is 7.60 Å². The predicted molar refractivity (Wildman–Crippen MR) is 82.5 cm³/mol. The van der Waals surface area contributed by atoms with E-state index in [0.717, 1.165) is 25.9 Å². The van der Waals surface area contributed by atoms with E-state index in [4.69, 9.17) is 9.05 Å². The number of nitrogens with zero attached hydrogens (tertiary/aromatic N) is 1. The van der Waals surface area contributed by atoms with Crippen molar-refractivity contribution in [2.75, 3.05) is 31.2 Å². The molecular formula is C15H24NO3P. The third kappa shape index (κ3) is 3.63. The zero-order chi connectivity index (χ0) is 14.4. The molecule has 0 aliphatic carbocycles. The first-order chi connectivity index (χ1) is 9.69. The van der Waals surface area contributed by atoms with Crippen molar-refractivity contribution in [2.45, 2.75) is 32.3 Å². The molecule has 4 nitrogen and oxygen atoms in total. The summed E-state index contributed by atoms with van der Waals surface area (Å²) in [6.45, 7) is 6.42. The summed E-state index contributed by atoms with van der Waals surface area (Å²) in [4.78, 5) is 2.33. The first kappa shape index (κ1) is 15.6. The fourth-order valence-corrected chi connectivity index (χ4v) is 4.77. The minimum Gasteiger partial charge on any atom is -0.371 e. The first-order valence-corrected chi connectivity index (χ1v) is 8.99. The highest BCUT2D eigenvalue weighted by Crippen LogP contribution is 2.56. The first-order valence-electron chi connectivity index (χ1n) is 7.38. The molecular weight excluding hydrogens is 273 g/mol. The summed E-state index contributed by atoms with van der Waals surface area (Å²) in [6, 6.07) is 10.4. The lowest BCUT2D eigenvalue weighted by molar-refractivity contribution is 0.207. The SMILES string of the molecule is CCOP(=O)(OCC)C1CCN(c2ccccc2)CC1. The van der Waals surface area contributed by atoms with E-state index in [1.807, 2.05) is 32.0 Å². The second-order valence-corrected chi connectivity index (χ2v) is 7.26. The summed E-state index contributed by atoms with van der Waals surface area (Å²) >= 11 is 0. The maximum atomic E-state index is 12.7. The van der Waals surface area contributed by atoms with Gasteiger partial charge in [-0.3, -0.25) is 4.57 Å². The molecule has 112 valence electrons. The zero-order valence-electron chi connectivity index (χ0n) is 12.3. The van der Waals surface area contributed by atoms with Crippen molar-refractivity contribution < 1.29 is 13.6 Å². The number of para-hydroxylation sites is 1. The van der Waals surface area contributed by atoms with Crippen molar-refractivity contribution in [3.8, 4) is 0 Å². The van der Waals surface area contributed by atoms with Crippen molar-refractivity contribution >= 4 is 13.3 Å². The Morgan fingerprint density at radius 1 is 1.10 bits per heavy atom. The molecule has 0 N–H and O–H groups in total. The molecule has 1 aromatic rings. The summed E-state index contributed by atoms with van der Waals surface area (Å²) in [5.41, 5.74) is 1.26. The molecule has 0 unspecified atom stereocenters. The highest BCUT2D eigenvalue weighted by Gasteiger charge is 2.37. The molecule has 0 saturated carbocycles. The van der Waals surface area contributed by atoms with E-state index in [1.54, 1.807) is 0 Å². The molecule has 1 aliphatic heterocycles. The van der Waals surface area contributed by atoms with Crippen LogP contribution in [-0.4, -0.2) is 32.0 Å². The van der Waals surface area contributed by atoms with Crippen LogP contribution < -0.4 is 4.90 Å². The van der Waals surface area contributed by atoms with Crippen molar-refractivity contribution in [1.82, 2.24) is 0 Å². The molecule has 0 amide bonds. The van der Waals surface area contributed by atoms with Crippen molar-refractivity contribution in [1.29, 1.82) is 0 Å². The van der Waals surface area contributed by atoms with Gasteiger partial charge in [-0.2, -0.15) is 0 Å². The van der Waals surface area contributed by atoms with Crippen LogP contribution in [-0.2, 0) is 13.6 Å². The summed E-state index contributed by atoms with van der Waals surface area (Å²) in [5.74, 6) is 0.